The van der Waals surface area contributed by atoms with E-state index in [1.165, 1.54) is 14.2 Å². The second-order valence-corrected chi connectivity index (χ2v) is 2.89. The van der Waals surface area contributed by atoms with E-state index in [0.29, 0.717) is 0 Å². The first kappa shape index (κ1) is 11.2. The highest BCUT2D eigenvalue weighted by molar-refractivity contribution is 5.90. The summed E-state index contributed by atoms with van der Waals surface area (Å²) < 4.78 is 18.2. The highest BCUT2D eigenvalue weighted by atomic mass is 19.1. The standard InChI is InChI=1S/C9H10FNO4/c1-11-5(4-10)3-6(9(13)14)7(15-2)8(11)12/h3H,4H2,1-2H3,(H,13,14). The van der Waals surface area contributed by atoms with Gasteiger partial charge in [0.1, 0.15) is 12.2 Å². The number of hydrogen-bond donors (Lipinski definition) is 1. The molecule has 1 aromatic heterocycles. The number of carboxylic acid groups (broad SMARTS) is 1. The number of methoxy groups -OCH3 is 1. The van der Waals surface area contributed by atoms with E-state index < -0.39 is 18.2 Å². The van der Waals surface area contributed by atoms with Gasteiger partial charge in [-0.25, -0.2) is 9.18 Å². The summed E-state index contributed by atoms with van der Waals surface area (Å²) in [4.78, 5) is 22.3. The third-order valence-electron chi connectivity index (χ3n) is 2.06. The van der Waals surface area contributed by atoms with E-state index >= 15 is 0 Å². The minimum Gasteiger partial charge on any atom is -0.490 e. The van der Waals surface area contributed by atoms with Crippen molar-refractivity contribution in [3.63, 3.8) is 0 Å². The quantitative estimate of drug-likeness (QED) is 0.799. The zero-order valence-corrected chi connectivity index (χ0v) is 8.28. The molecule has 0 aromatic carbocycles. The number of halogens is 1. The zero-order chi connectivity index (χ0) is 11.6. The fourth-order valence-corrected chi connectivity index (χ4v) is 1.21. The number of nitrogens with zero attached hydrogens (tertiary/aromatic N) is 1. The van der Waals surface area contributed by atoms with Gasteiger partial charge < -0.3 is 14.4 Å². The zero-order valence-electron chi connectivity index (χ0n) is 8.28. The van der Waals surface area contributed by atoms with Gasteiger partial charge in [0.15, 0.2) is 5.75 Å². The van der Waals surface area contributed by atoms with Crippen LogP contribution in [0.4, 0.5) is 4.39 Å². The van der Waals surface area contributed by atoms with Crippen LogP contribution in [-0.2, 0) is 13.7 Å². The number of ether oxygens (including phenoxy) is 1. The third kappa shape index (κ3) is 1.83. The first-order valence-electron chi connectivity index (χ1n) is 4.09. The summed E-state index contributed by atoms with van der Waals surface area (Å²) in [6.07, 6.45) is 0. The van der Waals surface area contributed by atoms with Crippen LogP contribution in [0.1, 0.15) is 16.1 Å². The molecular weight excluding hydrogens is 205 g/mol. The van der Waals surface area contributed by atoms with Crippen molar-refractivity contribution in [1.82, 2.24) is 4.57 Å². The van der Waals surface area contributed by atoms with E-state index in [1.807, 2.05) is 0 Å². The van der Waals surface area contributed by atoms with Crippen molar-refractivity contribution in [2.45, 2.75) is 6.67 Å². The molecular formula is C9H10FNO4. The van der Waals surface area contributed by atoms with Crippen LogP contribution < -0.4 is 10.3 Å². The van der Waals surface area contributed by atoms with E-state index in [2.05, 4.69) is 4.74 Å². The van der Waals surface area contributed by atoms with Crippen LogP contribution in [0, 0.1) is 0 Å². The lowest BCUT2D eigenvalue weighted by Crippen LogP contribution is -2.24. The van der Waals surface area contributed by atoms with Gasteiger partial charge in [0, 0.05) is 7.05 Å². The maximum Gasteiger partial charge on any atom is 0.339 e. The molecule has 0 radical (unpaired) electrons. The Hall–Kier alpha value is -1.85. The molecule has 0 fully saturated rings. The summed E-state index contributed by atoms with van der Waals surface area (Å²) in [5, 5.41) is 8.78. The van der Waals surface area contributed by atoms with Crippen molar-refractivity contribution in [1.29, 1.82) is 0 Å². The average Bonchev–Trinajstić information content (AvgIpc) is 2.21. The molecule has 0 aliphatic carbocycles. The fourth-order valence-electron chi connectivity index (χ4n) is 1.21. The van der Waals surface area contributed by atoms with Crippen molar-refractivity contribution in [3.05, 3.63) is 27.7 Å². The van der Waals surface area contributed by atoms with E-state index in [9.17, 15) is 14.0 Å². The third-order valence-corrected chi connectivity index (χ3v) is 2.06. The molecule has 1 N–H and O–H groups in total. The van der Waals surface area contributed by atoms with Gasteiger partial charge in [-0.3, -0.25) is 4.79 Å². The van der Waals surface area contributed by atoms with Crippen LogP contribution in [-0.4, -0.2) is 22.8 Å². The van der Waals surface area contributed by atoms with Crippen LogP contribution in [0.15, 0.2) is 10.9 Å². The van der Waals surface area contributed by atoms with Crippen molar-refractivity contribution in [2.24, 2.45) is 7.05 Å². The summed E-state index contributed by atoms with van der Waals surface area (Å²) in [6, 6.07) is 1.09. The lowest BCUT2D eigenvalue weighted by atomic mass is 10.2. The average molecular weight is 215 g/mol. The van der Waals surface area contributed by atoms with E-state index in [0.717, 1.165) is 10.6 Å². The number of carbonyl (C=O) groups is 1. The SMILES string of the molecule is COc1c(C(=O)O)cc(CF)n(C)c1=O. The largest absolute Gasteiger partial charge is 0.490 e. The predicted octanol–water partition coefficient (Wildman–Crippen LogP) is 0.562. The molecule has 0 bridgehead atoms. The molecule has 1 heterocycles. The number of rotatable bonds is 3. The van der Waals surface area contributed by atoms with E-state index in [4.69, 9.17) is 5.11 Å². The molecule has 82 valence electrons. The Kier molecular flexibility index (Phi) is 3.08. The fraction of sp³-hybridized carbons (Fsp3) is 0.333. The summed E-state index contributed by atoms with van der Waals surface area (Å²) >= 11 is 0. The number of carboxylic acids is 1. The monoisotopic (exact) mass is 215 g/mol. The molecule has 0 saturated heterocycles. The topological polar surface area (TPSA) is 68.5 Å². The number of aromatic carboxylic acids is 1. The van der Waals surface area contributed by atoms with Gasteiger partial charge in [0.2, 0.25) is 0 Å². The van der Waals surface area contributed by atoms with Gasteiger partial charge in [-0.05, 0) is 6.07 Å². The van der Waals surface area contributed by atoms with Gasteiger partial charge in [0.05, 0.1) is 12.8 Å². The highest BCUT2D eigenvalue weighted by Crippen LogP contribution is 2.15. The molecule has 1 rings (SSSR count). The van der Waals surface area contributed by atoms with Crippen molar-refractivity contribution in [2.75, 3.05) is 7.11 Å². The van der Waals surface area contributed by atoms with Crippen molar-refractivity contribution < 1.29 is 19.0 Å². The summed E-state index contributed by atoms with van der Waals surface area (Å²) in [5.74, 6) is -1.61. The summed E-state index contributed by atoms with van der Waals surface area (Å²) in [5.41, 5.74) is -0.989. The molecule has 0 unspecified atom stereocenters. The van der Waals surface area contributed by atoms with Gasteiger partial charge in [-0.2, -0.15) is 0 Å². The molecule has 1 aromatic rings. The van der Waals surface area contributed by atoms with Crippen molar-refractivity contribution >= 4 is 5.97 Å². The smallest absolute Gasteiger partial charge is 0.339 e. The minimum atomic E-state index is -1.32. The van der Waals surface area contributed by atoms with Gasteiger partial charge in [-0.1, -0.05) is 0 Å². The lowest BCUT2D eigenvalue weighted by Gasteiger charge is -2.09. The van der Waals surface area contributed by atoms with Gasteiger partial charge in [0.25, 0.3) is 5.56 Å². The molecule has 0 amide bonds. The Labute approximate surface area is 84.7 Å². The maximum atomic E-state index is 12.5. The van der Waals surface area contributed by atoms with Gasteiger partial charge >= 0.3 is 5.97 Å². The second kappa shape index (κ2) is 4.12. The Bertz CT molecular complexity index is 452. The van der Waals surface area contributed by atoms with Crippen LogP contribution >= 0.6 is 0 Å². The number of aromatic nitrogens is 1. The molecule has 0 spiro atoms. The molecule has 6 heteroatoms. The maximum absolute atomic E-state index is 12.5. The van der Waals surface area contributed by atoms with E-state index in [-0.39, 0.29) is 17.0 Å². The molecule has 5 nitrogen and oxygen atoms in total. The molecule has 0 saturated carbocycles. The lowest BCUT2D eigenvalue weighted by molar-refractivity contribution is 0.0692. The normalized spacial score (nSPS) is 10.1. The number of pyridine rings is 1. The van der Waals surface area contributed by atoms with Gasteiger partial charge in [-0.15, -0.1) is 0 Å². The first-order valence-corrected chi connectivity index (χ1v) is 4.09. The molecule has 0 atom stereocenters. The second-order valence-electron chi connectivity index (χ2n) is 2.89. The minimum absolute atomic E-state index is 0.00167. The number of alkyl halides is 1. The highest BCUT2D eigenvalue weighted by Gasteiger charge is 2.18. The van der Waals surface area contributed by atoms with E-state index in [1.54, 1.807) is 0 Å². The van der Waals surface area contributed by atoms with Crippen LogP contribution in [0.5, 0.6) is 5.75 Å². The van der Waals surface area contributed by atoms with Crippen molar-refractivity contribution in [3.8, 4) is 5.75 Å². The predicted molar refractivity (Wildman–Crippen MR) is 50.0 cm³/mol. The first-order chi connectivity index (χ1) is 7.02. The van der Waals surface area contributed by atoms with Crippen LogP contribution in [0.2, 0.25) is 0 Å². The molecule has 15 heavy (non-hydrogen) atoms. The Balaban J connectivity index is 3.59. The van der Waals surface area contributed by atoms with Crippen LogP contribution in [0.3, 0.4) is 0 Å². The Morgan fingerprint density at radius 3 is 2.67 bits per heavy atom. The Morgan fingerprint density at radius 2 is 2.27 bits per heavy atom. The summed E-state index contributed by atoms with van der Waals surface area (Å²) in [6.45, 7) is -0.907. The van der Waals surface area contributed by atoms with Crippen LogP contribution in [0.25, 0.3) is 0 Å². The summed E-state index contributed by atoms with van der Waals surface area (Å²) in [7, 11) is 2.55. The molecule has 0 aliphatic heterocycles. The Morgan fingerprint density at radius 1 is 1.67 bits per heavy atom. The number of hydrogen-bond acceptors (Lipinski definition) is 3. The molecule has 0 aliphatic rings.